The molecule has 0 aliphatic carbocycles. The first-order chi connectivity index (χ1) is 11.6. The van der Waals surface area contributed by atoms with Crippen LogP contribution in [0, 0.1) is 6.92 Å². The van der Waals surface area contributed by atoms with Gasteiger partial charge in [0.15, 0.2) is 0 Å². The lowest BCUT2D eigenvalue weighted by Gasteiger charge is -2.17. The first kappa shape index (κ1) is 16.2. The molecule has 24 heavy (non-hydrogen) atoms. The summed E-state index contributed by atoms with van der Waals surface area (Å²) in [4.78, 5) is 28.3. The van der Waals surface area contributed by atoms with E-state index in [9.17, 15) is 9.59 Å². The summed E-state index contributed by atoms with van der Waals surface area (Å²) in [5, 5.41) is 5.75. The molecule has 1 aromatic carbocycles. The molecular formula is C18H22N4O2. The highest BCUT2D eigenvalue weighted by molar-refractivity contribution is 5.87. The fourth-order valence-corrected chi connectivity index (χ4v) is 3.00. The van der Waals surface area contributed by atoms with Gasteiger partial charge in [-0.1, -0.05) is 24.6 Å². The van der Waals surface area contributed by atoms with Crippen molar-refractivity contribution in [2.75, 3.05) is 0 Å². The molecule has 1 aliphatic heterocycles. The zero-order valence-electron chi connectivity index (χ0n) is 13.8. The first-order valence-electron chi connectivity index (χ1n) is 8.30. The highest BCUT2D eigenvalue weighted by Gasteiger charge is 2.22. The average Bonchev–Trinajstić information content (AvgIpc) is 2.88. The molecule has 6 nitrogen and oxygen atoms in total. The van der Waals surface area contributed by atoms with Gasteiger partial charge in [-0.2, -0.15) is 0 Å². The van der Waals surface area contributed by atoms with Crippen LogP contribution in [0.3, 0.4) is 0 Å². The molecule has 1 atom stereocenters. The van der Waals surface area contributed by atoms with Gasteiger partial charge in [-0.25, -0.2) is 4.98 Å². The van der Waals surface area contributed by atoms with Gasteiger partial charge in [-0.05, 0) is 31.4 Å². The van der Waals surface area contributed by atoms with Gasteiger partial charge < -0.3 is 15.2 Å². The minimum atomic E-state index is -0.429. The Labute approximate surface area is 141 Å². The van der Waals surface area contributed by atoms with Crippen molar-refractivity contribution in [2.45, 2.75) is 45.2 Å². The van der Waals surface area contributed by atoms with Crippen LogP contribution in [-0.2, 0) is 16.1 Å². The van der Waals surface area contributed by atoms with Gasteiger partial charge in [0.2, 0.25) is 11.8 Å². The SMILES string of the molecule is Cc1nccn1-c1ccccc1CNC(=O)C1CCCCC(=O)N1. The number of carbonyl (C=O) groups is 2. The summed E-state index contributed by atoms with van der Waals surface area (Å²) in [6.45, 7) is 2.36. The number of hydrogen-bond donors (Lipinski definition) is 2. The lowest BCUT2D eigenvalue weighted by Crippen LogP contribution is -2.45. The molecule has 2 amide bonds. The number of para-hydroxylation sites is 1. The normalized spacial score (nSPS) is 17.9. The predicted octanol–water partition coefficient (Wildman–Crippen LogP) is 1.86. The van der Waals surface area contributed by atoms with Gasteiger partial charge in [-0.15, -0.1) is 0 Å². The van der Waals surface area contributed by atoms with Gasteiger partial charge in [-0.3, -0.25) is 9.59 Å². The van der Waals surface area contributed by atoms with E-state index in [1.165, 1.54) is 0 Å². The summed E-state index contributed by atoms with van der Waals surface area (Å²) in [7, 11) is 0. The van der Waals surface area contributed by atoms with Crippen LogP contribution in [0.15, 0.2) is 36.7 Å². The van der Waals surface area contributed by atoms with Crippen LogP contribution in [-0.4, -0.2) is 27.4 Å². The Kier molecular flexibility index (Phi) is 4.93. The van der Waals surface area contributed by atoms with Crippen LogP contribution in [0.4, 0.5) is 0 Å². The minimum absolute atomic E-state index is 0.0397. The maximum atomic E-state index is 12.4. The highest BCUT2D eigenvalue weighted by Crippen LogP contribution is 2.16. The van der Waals surface area contributed by atoms with Crippen molar-refractivity contribution in [1.29, 1.82) is 0 Å². The molecule has 0 saturated carbocycles. The van der Waals surface area contributed by atoms with E-state index >= 15 is 0 Å². The molecule has 1 unspecified atom stereocenters. The first-order valence-corrected chi connectivity index (χ1v) is 8.30. The van der Waals surface area contributed by atoms with Crippen LogP contribution >= 0.6 is 0 Å². The van der Waals surface area contributed by atoms with E-state index in [4.69, 9.17) is 0 Å². The van der Waals surface area contributed by atoms with E-state index in [0.717, 1.165) is 29.9 Å². The predicted molar refractivity (Wildman–Crippen MR) is 90.5 cm³/mol. The van der Waals surface area contributed by atoms with E-state index in [1.807, 2.05) is 42.0 Å². The summed E-state index contributed by atoms with van der Waals surface area (Å²) in [5.41, 5.74) is 2.00. The Morgan fingerprint density at radius 2 is 2.21 bits per heavy atom. The third-order valence-electron chi connectivity index (χ3n) is 4.33. The second-order valence-electron chi connectivity index (χ2n) is 6.06. The molecule has 2 heterocycles. The number of carbonyl (C=O) groups excluding carboxylic acids is 2. The van der Waals surface area contributed by atoms with Gasteiger partial charge in [0.1, 0.15) is 11.9 Å². The van der Waals surface area contributed by atoms with Crippen molar-refractivity contribution >= 4 is 11.8 Å². The second kappa shape index (κ2) is 7.29. The van der Waals surface area contributed by atoms with Crippen molar-refractivity contribution < 1.29 is 9.59 Å². The van der Waals surface area contributed by atoms with Crippen molar-refractivity contribution in [3.8, 4) is 5.69 Å². The van der Waals surface area contributed by atoms with Gasteiger partial charge >= 0.3 is 0 Å². The van der Waals surface area contributed by atoms with Crippen LogP contribution in [0.5, 0.6) is 0 Å². The molecule has 0 radical (unpaired) electrons. The fourth-order valence-electron chi connectivity index (χ4n) is 3.00. The number of imidazole rings is 1. The van der Waals surface area contributed by atoms with E-state index < -0.39 is 6.04 Å². The molecule has 6 heteroatoms. The second-order valence-corrected chi connectivity index (χ2v) is 6.06. The fraction of sp³-hybridized carbons (Fsp3) is 0.389. The van der Waals surface area contributed by atoms with Gasteiger partial charge in [0.05, 0.1) is 5.69 Å². The van der Waals surface area contributed by atoms with Gasteiger partial charge in [0, 0.05) is 25.4 Å². The Morgan fingerprint density at radius 1 is 1.38 bits per heavy atom. The maximum absolute atomic E-state index is 12.4. The summed E-state index contributed by atoms with van der Waals surface area (Å²) in [5.74, 6) is 0.731. The van der Waals surface area contributed by atoms with E-state index in [-0.39, 0.29) is 11.8 Å². The van der Waals surface area contributed by atoms with Crippen molar-refractivity contribution in [3.63, 3.8) is 0 Å². The lowest BCUT2D eigenvalue weighted by molar-refractivity contribution is -0.128. The third-order valence-corrected chi connectivity index (χ3v) is 4.33. The smallest absolute Gasteiger partial charge is 0.242 e. The number of nitrogens with zero attached hydrogens (tertiary/aromatic N) is 2. The molecule has 126 valence electrons. The number of benzene rings is 1. The van der Waals surface area contributed by atoms with E-state index in [2.05, 4.69) is 15.6 Å². The topological polar surface area (TPSA) is 76.0 Å². The Hall–Kier alpha value is -2.63. The van der Waals surface area contributed by atoms with Crippen LogP contribution in [0.1, 0.15) is 37.1 Å². The molecule has 2 N–H and O–H groups in total. The molecule has 1 aromatic heterocycles. The number of hydrogen-bond acceptors (Lipinski definition) is 3. The average molecular weight is 326 g/mol. The molecule has 1 saturated heterocycles. The number of nitrogens with one attached hydrogen (secondary N) is 2. The van der Waals surface area contributed by atoms with E-state index in [0.29, 0.717) is 19.4 Å². The third kappa shape index (κ3) is 3.64. The van der Waals surface area contributed by atoms with Crippen LogP contribution in [0.25, 0.3) is 5.69 Å². The Balaban J connectivity index is 1.70. The Morgan fingerprint density at radius 3 is 3.00 bits per heavy atom. The molecular weight excluding hydrogens is 304 g/mol. The lowest BCUT2D eigenvalue weighted by atomic mass is 10.1. The van der Waals surface area contributed by atoms with Crippen molar-refractivity contribution in [3.05, 3.63) is 48.0 Å². The number of rotatable bonds is 4. The molecule has 1 aliphatic rings. The largest absolute Gasteiger partial charge is 0.350 e. The minimum Gasteiger partial charge on any atom is -0.350 e. The molecule has 3 rings (SSSR count). The monoisotopic (exact) mass is 326 g/mol. The summed E-state index contributed by atoms with van der Waals surface area (Å²) in [6.07, 6.45) is 6.60. The number of aryl methyl sites for hydroxylation is 1. The highest BCUT2D eigenvalue weighted by atomic mass is 16.2. The van der Waals surface area contributed by atoms with Gasteiger partial charge in [0.25, 0.3) is 0 Å². The quantitative estimate of drug-likeness (QED) is 0.900. The van der Waals surface area contributed by atoms with E-state index in [1.54, 1.807) is 6.20 Å². The van der Waals surface area contributed by atoms with Crippen LogP contribution < -0.4 is 10.6 Å². The van der Waals surface area contributed by atoms with Crippen LogP contribution in [0.2, 0.25) is 0 Å². The zero-order chi connectivity index (χ0) is 16.9. The molecule has 2 aromatic rings. The van der Waals surface area contributed by atoms with Crippen molar-refractivity contribution in [1.82, 2.24) is 20.2 Å². The van der Waals surface area contributed by atoms with Crippen molar-refractivity contribution in [2.24, 2.45) is 0 Å². The zero-order valence-corrected chi connectivity index (χ0v) is 13.8. The summed E-state index contributed by atoms with van der Waals surface area (Å²) in [6, 6.07) is 7.47. The Bertz CT molecular complexity index is 738. The standard InChI is InChI=1S/C18H22N4O2/c1-13-19-10-11-22(13)16-8-4-2-6-14(16)12-20-18(24)15-7-3-5-9-17(23)21-15/h2,4,6,8,10-11,15H,3,5,7,9,12H2,1H3,(H,20,24)(H,21,23). The number of aromatic nitrogens is 2. The summed E-state index contributed by atoms with van der Waals surface area (Å²) >= 11 is 0. The molecule has 1 fully saturated rings. The summed E-state index contributed by atoms with van der Waals surface area (Å²) < 4.78 is 1.99. The maximum Gasteiger partial charge on any atom is 0.242 e. The number of amides is 2. The molecule has 0 spiro atoms. The molecule has 0 bridgehead atoms.